The topological polar surface area (TPSA) is 3.24 Å². The van der Waals surface area contributed by atoms with Gasteiger partial charge in [-0.1, -0.05) is 30.7 Å². The standard InChI is InChI=1S/C17H15F2N/c1-4-14-6-8-15(9-7-14)16-10-5-12(2)13(3)20(16)11-17(18)19/h1,5-10,17H,3,11H2,2H3. The van der Waals surface area contributed by atoms with Crippen LogP contribution < -0.4 is 0 Å². The van der Waals surface area contributed by atoms with Gasteiger partial charge in [-0.2, -0.15) is 0 Å². The van der Waals surface area contributed by atoms with Gasteiger partial charge in [0, 0.05) is 17.0 Å². The van der Waals surface area contributed by atoms with Gasteiger partial charge in [0.05, 0.1) is 6.54 Å². The maximum Gasteiger partial charge on any atom is 0.256 e. The quantitative estimate of drug-likeness (QED) is 0.750. The summed E-state index contributed by atoms with van der Waals surface area (Å²) in [5.74, 6) is 2.53. The van der Waals surface area contributed by atoms with Crippen molar-refractivity contribution in [1.29, 1.82) is 0 Å². The Bertz CT molecular complexity index is 615. The summed E-state index contributed by atoms with van der Waals surface area (Å²) in [4.78, 5) is 1.55. The Kier molecular flexibility index (Phi) is 4.05. The van der Waals surface area contributed by atoms with E-state index in [0.29, 0.717) is 11.4 Å². The van der Waals surface area contributed by atoms with E-state index in [4.69, 9.17) is 6.42 Å². The number of terminal acetylenes is 1. The molecule has 0 saturated heterocycles. The molecule has 0 aromatic heterocycles. The second-order valence-corrected chi connectivity index (χ2v) is 4.57. The van der Waals surface area contributed by atoms with Gasteiger partial charge in [-0.05, 0) is 36.3 Å². The smallest absolute Gasteiger partial charge is 0.256 e. The third-order valence-electron chi connectivity index (χ3n) is 3.23. The summed E-state index contributed by atoms with van der Waals surface area (Å²) in [5, 5.41) is 0. The van der Waals surface area contributed by atoms with Gasteiger partial charge in [0.15, 0.2) is 0 Å². The largest absolute Gasteiger partial charge is 0.336 e. The Morgan fingerprint density at radius 3 is 2.45 bits per heavy atom. The highest BCUT2D eigenvalue weighted by Gasteiger charge is 2.22. The number of nitrogens with zero attached hydrogens (tertiary/aromatic N) is 1. The first-order chi connectivity index (χ1) is 9.52. The van der Waals surface area contributed by atoms with Crippen LogP contribution in [0.5, 0.6) is 0 Å². The second kappa shape index (κ2) is 5.75. The van der Waals surface area contributed by atoms with Crippen LogP contribution in [0.25, 0.3) is 5.70 Å². The van der Waals surface area contributed by atoms with Crippen LogP contribution in [0, 0.1) is 12.3 Å². The first-order valence-electron chi connectivity index (χ1n) is 6.23. The van der Waals surface area contributed by atoms with Gasteiger partial charge < -0.3 is 4.90 Å². The minimum atomic E-state index is -2.42. The molecule has 0 bridgehead atoms. The van der Waals surface area contributed by atoms with Crippen LogP contribution in [-0.4, -0.2) is 17.9 Å². The van der Waals surface area contributed by atoms with Crippen LogP contribution in [0.3, 0.4) is 0 Å². The summed E-state index contributed by atoms with van der Waals surface area (Å²) in [6.45, 7) is 5.38. The number of hydrogen-bond acceptors (Lipinski definition) is 1. The molecule has 3 heteroatoms. The van der Waals surface area contributed by atoms with Gasteiger partial charge in [-0.3, -0.25) is 0 Å². The Morgan fingerprint density at radius 2 is 1.90 bits per heavy atom. The molecule has 0 fully saturated rings. The summed E-state index contributed by atoms with van der Waals surface area (Å²) in [7, 11) is 0. The highest BCUT2D eigenvalue weighted by atomic mass is 19.3. The lowest BCUT2D eigenvalue weighted by Crippen LogP contribution is -2.28. The molecule has 0 spiro atoms. The van der Waals surface area contributed by atoms with Crippen molar-refractivity contribution in [2.75, 3.05) is 6.54 Å². The maximum absolute atomic E-state index is 12.8. The monoisotopic (exact) mass is 271 g/mol. The highest BCUT2D eigenvalue weighted by molar-refractivity contribution is 5.71. The van der Waals surface area contributed by atoms with Crippen molar-refractivity contribution >= 4 is 5.70 Å². The van der Waals surface area contributed by atoms with E-state index in [2.05, 4.69) is 12.5 Å². The molecular weight excluding hydrogens is 256 g/mol. The van der Waals surface area contributed by atoms with Crippen molar-refractivity contribution in [3.05, 3.63) is 65.4 Å². The zero-order chi connectivity index (χ0) is 14.7. The van der Waals surface area contributed by atoms with E-state index in [0.717, 1.165) is 16.7 Å². The molecule has 0 saturated carbocycles. The molecule has 0 aliphatic carbocycles. The lowest BCUT2D eigenvalue weighted by molar-refractivity contribution is 0.123. The van der Waals surface area contributed by atoms with Gasteiger partial charge in [0.25, 0.3) is 6.43 Å². The van der Waals surface area contributed by atoms with Gasteiger partial charge >= 0.3 is 0 Å². The Hall–Kier alpha value is -2.34. The van der Waals surface area contributed by atoms with E-state index in [-0.39, 0.29) is 6.54 Å². The fraction of sp³-hybridized carbons (Fsp3) is 0.176. The molecule has 0 unspecified atom stereocenters. The van der Waals surface area contributed by atoms with Crippen molar-refractivity contribution in [2.24, 2.45) is 0 Å². The van der Waals surface area contributed by atoms with Crippen LogP contribution in [-0.2, 0) is 0 Å². The Balaban J connectivity index is 2.39. The van der Waals surface area contributed by atoms with Gasteiger partial charge in [-0.25, -0.2) is 8.78 Å². The fourth-order valence-corrected chi connectivity index (χ4v) is 2.08. The summed E-state index contributed by atoms with van der Waals surface area (Å²) >= 11 is 0. The minimum absolute atomic E-state index is 0.368. The van der Waals surface area contributed by atoms with Crippen molar-refractivity contribution in [3.63, 3.8) is 0 Å². The summed E-state index contributed by atoms with van der Waals surface area (Å²) in [6, 6.07) is 7.26. The maximum atomic E-state index is 12.8. The van der Waals surface area contributed by atoms with E-state index in [1.54, 1.807) is 17.0 Å². The van der Waals surface area contributed by atoms with Gasteiger partial charge in [0.1, 0.15) is 0 Å². The molecule has 1 nitrogen and oxygen atoms in total. The molecule has 1 aromatic carbocycles. The fourth-order valence-electron chi connectivity index (χ4n) is 2.08. The lowest BCUT2D eigenvalue weighted by atomic mass is 10.0. The molecule has 20 heavy (non-hydrogen) atoms. The number of alkyl halides is 2. The summed E-state index contributed by atoms with van der Waals surface area (Å²) in [6.07, 6.45) is 6.60. The average molecular weight is 271 g/mol. The molecule has 1 aliphatic rings. The predicted octanol–water partition coefficient (Wildman–Crippen LogP) is 4.05. The Morgan fingerprint density at radius 1 is 1.25 bits per heavy atom. The number of allylic oxidation sites excluding steroid dienone is 3. The van der Waals surface area contributed by atoms with E-state index in [1.165, 1.54) is 0 Å². The molecule has 0 N–H and O–H groups in total. The average Bonchev–Trinajstić information content (AvgIpc) is 2.44. The van der Waals surface area contributed by atoms with Crippen LogP contribution in [0.15, 0.2) is 54.3 Å². The third-order valence-corrected chi connectivity index (χ3v) is 3.23. The minimum Gasteiger partial charge on any atom is -0.336 e. The molecule has 1 aliphatic heterocycles. The predicted molar refractivity (Wildman–Crippen MR) is 78.0 cm³/mol. The van der Waals surface area contributed by atoms with Crippen LogP contribution in [0.4, 0.5) is 8.78 Å². The van der Waals surface area contributed by atoms with Crippen molar-refractivity contribution < 1.29 is 8.78 Å². The van der Waals surface area contributed by atoms with Crippen LogP contribution >= 0.6 is 0 Å². The number of benzene rings is 1. The first kappa shape index (κ1) is 14.1. The van der Waals surface area contributed by atoms with Gasteiger partial charge in [0.2, 0.25) is 0 Å². The second-order valence-electron chi connectivity index (χ2n) is 4.57. The summed E-state index contributed by atoms with van der Waals surface area (Å²) < 4.78 is 25.5. The van der Waals surface area contributed by atoms with E-state index >= 15 is 0 Å². The SMILES string of the molecule is C#Cc1ccc(C2=CC=C(C)C(=C)N2CC(F)F)cc1. The van der Waals surface area contributed by atoms with Crippen molar-refractivity contribution in [2.45, 2.75) is 13.3 Å². The van der Waals surface area contributed by atoms with Crippen LogP contribution in [0.2, 0.25) is 0 Å². The van der Waals surface area contributed by atoms with Crippen molar-refractivity contribution in [1.82, 2.24) is 4.90 Å². The van der Waals surface area contributed by atoms with E-state index in [9.17, 15) is 8.78 Å². The Labute approximate surface area is 117 Å². The summed E-state index contributed by atoms with van der Waals surface area (Å²) in [5.41, 5.74) is 3.80. The van der Waals surface area contributed by atoms with Crippen LogP contribution in [0.1, 0.15) is 18.1 Å². The molecule has 2 rings (SSSR count). The third kappa shape index (κ3) is 2.80. The molecular formula is C17H15F2N. The molecule has 0 radical (unpaired) electrons. The number of hydrogen-bond donors (Lipinski definition) is 0. The molecule has 1 aromatic rings. The zero-order valence-corrected chi connectivity index (χ0v) is 11.2. The lowest BCUT2D eigenvalue weighted by Gasteiger charge is -2.32. The molecule has 1 heterocycles. The zero-order valence-electron chi connectivity index (χ0n) is 11.2. The molecule has 0 amide bonds. The normalized spacial score (nSPS) is 14.9. The first-order valence-corrected chi connectivity index (χ1v) is 6.23. The van der Waals surface area contributed by atoms with E-state index in [1.807, 2.05) is 31.2 Å². The van der Waals surface area contributed by atoms with Crippen molar-refractivity contribution in [3.8, 4) is 12.3 Å². The number of halogens is 2. The molecule has 0 atom stereocenters. The highest BCUT2D eigenvalue weighted by Crippen LogP contribution is 2.31. The van der Waals surface area contributed by atoms with Gasteiger partial charge in [-0.15, -0.1) is 6.42 Å². The molecule has 102 valence electrons. The van der Waals surface area contributed by atoms with E-state index < -0.39 is 6.43 Å². The number of rotatable bonds is 3.